The van der Waals surface area contributed by atoms with Crippen LogP contribution in [0.25, 0.3) is 0 Å². The van der Waals surface area contributed by atoms with E-state index in [2.05, 4.69) is 5.32 Å². The molecule has 2 rings (SSSR count). The first kappa shape index (κ1) is 22.0. The number of nitrogens with one attached hydrogen (secondary N) is 1. The Kier molecular flexibility index (Phi) is 6.30. The molecule has 0 aliphatic heterocycles. The van der Waals surface area contributed by atoms with Gasteiger partial charge in [0.15, 0.2) is 0 Å². The van der Waals surface area contributed by atoms with Gasteiger partial charge in [0, 0.05) is 0 Å². The normalized spacial score (nSPS) is 12.0. The van der Waals surface area contributed by atoms with E-state index in [-0.39, 0.29) is 10.7 Å². The molecule has 0 atom stereocenters. The van der Waals surface area contributed by atoms with Gasteiger partial charge in [-0.1, -0.05) is 29.8 Å². The van der Waals surface area contributed by atoms with Crippen molar-refractivity contribution in [1.29, 1.82) is 0 Å². The fourth-order valence-electron chi connectivity index (χ4n) is 2.68. The number of amides is 1. The fraction of sp³-hybridized carbons (Fsp3) is 0.278. The van der Waals surface area contributed by atoms with Gasteiger partial charge in [0.05, 0.1) is 28.2 Å². The van der Waals surface area contributed by atoms with E-state index in [9.17, 15) is 26.4 Å². The maximum Gasteiger partial charge on any atom is 0.416 e. The molecule has 0 saturated heterocycles. The number of carbonyl (C=O) groups excluding carboxylic acids is 1. The lowest BCUT2D eigenvalue weighted by Crippen LogP contribution is -2.38. The zero-order valence-corrected chi connectivity index (χ0v) is 16.8. The molecule has 10 heteroatoms. The second-order valence-corrected chi connectivity index (χ2v) is 8.56. The minimum Gasteiger partial charge on any atom is -0.323 e. The lowest BCUT2D eigenvalue weighted by Gasteiger charge is -2.25. The molecule has 1 N–H and O–H groups in total. The van der Waals surface area contributed by atoms with Crippen LogP contribution in [0.4, 0.5) is 24.5 Å². The van der Waals surface area contributed by atoms with Crippen LogP contribution in [0.5, 0.6) is 0 Å². The minimum atomic E-state index is -4.61. The average Bonchev–Trinajstić information content (AvgIpc) is 2.53. The van der Waals surface area contributed by atoms with Crippen LogP contribution in [0.3, 0.4) is 0 Å². The first-order valence-electron chi connectivity index (χ1n) is 8.01. The molecule has 0 radical (unpaired) electrons. The van der Waals surface area contributed by atoms with E-state index in [1.165, 1.54) is 0 Å². The van der Waals surface area contributed by atoms with Gasteiger partial charge >= 0.3 is 6.18 Å². The summed E-state index contributed by atoms with van der Waals surface area (Å²) < 4.78 is 64.0. The van der Waals surface area contributed by atoms with Crippen LogP contribution in [-0.4, -0.2) is 27.1 Å². The third kappa shape index (κ3) is 5.17. The van der Waals surface area contributed by atoms with Gasteiger partial charge in [0.1, 0.15) is 6.54 Å². The molecule has 0 spiro atoms. The van der Waals surface area contributed by atoms with Gasteiger partial charge < -0.3 is 5.32 Å². The molecule has 0 fully saturated rings. The number of benzene rings is 2. The van der Waals surface area contributed by atoms with Crippen molar-refractivity contribution >= 4 is 38.9 Å². The summed E-state index contributed by atoms with van der Waals surface area (Å²) in [6.45, 7) is 2.78. The van der Waals surface area contributed by atoms with E-state index >= 15 is 0 Å². The van der Waals surface area contributed by atoms with E-state index < -0.39 is 34.2 Å². The van der Waals surface area contributed by atoms with Crippen molar-refractivity contribution in [3.8, 4) is 0 Å². The molecule has 5 nitrogen and oxygen atoms in total. The number of carbonyl (C=O) groups is 1. The zero-order valence-electron chi connectivity index (χ0n) is 15.3. The Hall–Kier alpha value is -2.26. The Morgan fingerprint density at radius 3 is 2.21 bits per heavy atom. The van der Waals surface area contributed by atoms with Crippen LogP contribution in [-0.2, 0) is 21.0 Å². The van der Waals surface area contributed by atoms with Crippen LogP contribution in [0.2, 0.25) is 5.02 Å². The van der Waals surface area contributed by atoms with Gasteiger partial charge in [-0.25, -0.2) is 8.42 Å². The van der Waals surface area contributed by atoms with Gasteiger partial charge in [0.25, 0.3) is 0 Å². The number of rotatable bonds is 5. The van der Waals surface area contributed by atoms with Crippen LogP contribution in [0.15, 0.2) is 36.4 Å². The lowest BCUT2D eigenvalue weighted by molar-refractivity contribution is -0.137. The summed E-state index contributed by atoms with van der Waals surface area (Å²) in [4.78, 5) is 12.4. The molecule has 0 unspecified atom stereocenters. The van der Waals surface area contributed by atoms with Crippen molar-refractivity contribution in [2.75, 3.05) is 22.4 Å². The second kappa shape index (κ2) is 8.00. The minimum absolute atomic E-state index is 0.0978. The molecular weight excluding hydrogens is 417 g/mol. The highest BCUT2D eigenvalue weighted by Gasteiger charge is 2.31. The molecular formula is C18H18ClF3N2O3S. The number of sulfonamides is 1. The highest BCUT2D eigenvalue weighted by Crippen LogP contribution is 2.34. The van der Waals surface area contributed by atoms with Gasteiger partial charge in [0.2, 0.25) is 15.9 Å². The largest absolute Gasteiger partial charge is 0.416 e. The number of anilines is 2. The summed E-state index contributed by atoms with van der Waals surface area (Å²) in [5.41, 5.74) is 0.374. The molecule has 0 saturated carbocycles. The summed E-state index contributed by atoms with van der Waals surface area (Å²) in [6, 6.07) is 7.64. The monoisotopic (exact) mass is 434 g/mol. The molecule has 2 aromatic carbocycles. The second-order valence-electron chi connectivity index (χ2n) is 6.25. The van der Waals surface area contributed by atoms with Crippen LogP contribution in [0.1, 0.15) is 16.7 Å². The zero-order chi connectivity index (χ0) is 21.3. The quantitative estimate of drug-likeness (QED) is 0.759. The van der Waals surface area contributed by atoms with Gasteiger partial charge in [-0.3, -0.25) is 9.10 Å². The Balaban J connectivity index is 2.34. The molecule has 2 aromatic rings. The van der Waals surface area contributed by atoms with Gasteiger partial charge in [-0.05, 0) is 43.2 Å². The number of alkyl halides is 3. The van der Waals surface area contributed by atoms with Crippen LogP contribution < -0.4 is 9.62 Å². The third-order valence-electron chi connectivity index (χ3n) is 3.94. The molecule has 1 amide bonds. The predicted octanol–water partition coefficient (Wildman–Crippen LogP) is 4.38. The predicted molar refractivity (Wildman–Crippen MR) is 103 cm³/mol. The summed E-state index contributed by atoms with van der Waals surface area (Å²) in [7, 11) is -3.83. The number of aryl methyl sites for hydroxylation is 2. The molecule has 0 aromatic heterocycles. The SMILES string of the molecule is Cc1cccc(C)c1N(CC(=O)Nc1cc(C(F)(F)F)ccc1Cl)S(C)(=O)=O. The van der Waals surface area contributed by atoms with Crippen molar-refractivity contribution in [3.05, 3.63) is 58.1 Å². The lowest BCUT2D eigenvalue weighted by atomic mass is 10.1. The van der Waals surface area contributed by atoms with Crippen molar-refractivity contribution in [2.45, 2.75) is 20.0 Å². The molecule has 0 aliphatic rings. The van der Waals surface area contributed by atoms with E-state index in [4.69, 9.17) is 11.6 Å². The van der Waals surface area contributed by atoms with E-state index in [1.807, 2.05) is 0 Å². The smallest absolute Gasteiger partial charge is 0.323 e. The molecule has 0 aliphatic carbocycles. The van der Waals surface area contributed by atoms with Crippen molar-refractivity contribution < 1.29 is 26.4 Å². The maximum absolute atomic E-state index is 12.9. The standard InChI is InChI=1S/C18H18ClF3N2O3S/c1-11-5-4-6-12(2)17(11)24(28(3,26)27)10-16(25)23-15-9-13(18(20,21)22)7-8-14(15)19/h4-9H,10H2,1-3H3,(H,23,25). The number of para-hydroxylation sites is 1. The first-order valence-corrected chi connectivity index (χ1v) is 10.2. The highest BCUT2D eigenvalue weighted by molar-refractivity contribution is 7.92. The molecule has 152 valence electrons. The maximum atomic E-state index is 12.9. The van der Waals surface area contributed by atoms with E-state index in [0.29, 0.717) is 22.9 Å². The number of nitrogens with zero attached hydrogens (tertiary/aromatic N) is 1. The molecule has 0 heterocycles. The van der Waals surface area contributed by atoms with E-state index in [0.717, 1.165) is 22.7 Å². The van der Waals surface area contributed by atoms with Crippen molar-refractivity contribution in [1.82, 2.24) is 0 Å². The Bertz CT molecular complexity index is 987. The third-order valence-corrected chi connectivity index (χ3v) is 5.39. The highest BCUT2D eigenvalue weighted by atomic mass is 35.5. The number of hydrogen-bond acceptors (Lipinski definition) is 3. The first-order chi connectivity index (χ1) is 12.8. The molecule has 28 heavy (non-hydrogen) atoms. The Morgan fingerprint density at radius 1 is 1.14 bits per heavy atom. The van der Waals surface area contributed by atoms with Crippen LogP contribution >= 0.6 is 11.6 Å². The Labute approximate surface area is 166 Å². The fourth-order valence-corrected chi connectivity index (χ4v) is 3.81. The Morgan fingerprint density at radius 2 is 1.71 bits per heavy atom. The van der Waals surface area contributed by atoms with E-state index in [1.54, 1.807) is 32.0 Å². The summed E-state index contributed by atoms with van der Waals surface area (Å²) in [5, 5.41) is 2.16. The van der Waals surface area contributed by atoms with Crippen molar-refractivity contribution in [3.63, 3.8) is 0 Å². The summed E-state index contributed by atoms with van der Waals surface area (Å²) in [5.74, 6) is -0.825. The summed E-state index contributed by atoms with van der Waals surface area (Å²) >= 11 is 5.87. The topological polar surface area (TPSA) is 66.5 Å². The summed E-state index contributed by atoms with van der Waals surface area (Å²) in [6.07, 6.45) is -3.66. The molecule has 0 bridgehead atoms. The van der Waals surface area contributed by atoms with Crippen LogP contribution in [0, 0.1) is 13.8 Å². The van der Waals surface area contributed by atoms with Gasteiger partial charge in [-0.2, -0.15) is 13.2 Å². The number of halogens is 4. The number of hydrogen-bond donors (Lipinski definition) is 1. The average molecular weight is 435 g/mol. The van der Waals surface area contributed by atoms with Gasteiger partial charge in [-0.15, -0.1) is 0 Å². The van der Waals surface area contributed by atoms with Crippen molar-refractivity contribution in [2.24, 2.45) is 0 Å².